The average molecular weight is 319 g/mol. The largest absolute Gasteiger partial charge is 0.365 e. The first-order valence-corrected chi connectivity index (χ1v) is 6.66. The van der Waals surface area contributed by atoms with Crippen molar-refractivity contribution in [2.24, 2.45) is 0 Å². The predicted octanol–water partition coefficient (Wildman–Crippen LogP) is 3.87. The molecule has 84 valence electrons. The first kappa shape index (κ1) is 11.8. The van der Waals surface area contributed by atoms with E-state index in [0.29, 0.717) is 0 Å². The maximum absolute atomic E-state index is 5.77. The molecule has 0 bridgehead atoms. The number of thiophene rings is 1. The lowest BCUT2D eigenvalue weighted by molar-refractivity contribution is 1.06. The third-order valence-electron chi connectivity index (χ3n) is 1.89. The lowest BCUT2D eigenvalue weighted by Crippen LogP contribution is -2.01. The smallest absolute Gasteiger partial charge is 0.224 e. The number of nitrogens with one attached hydrogen (secondary N) is 1. The summed E-state index contributed by atoms with van der Waals surface area (Å²) < 4.78 is 1.10. The van der Waals surface area contributed by atoms with E-state index in [2.05, 4.69) is 42.7 Å². The Morgan fingerprint density at radius 3 is 2.88 bits per heavy atom. The Morgan fingerprint density at radius 2 is 2.25 bits per heavy atom. The second-order valence-electron chi connectivity index (χ2n) is 3.25. The van der Waals surface area contributed by atoms with E-state index in [0.717, 1.165) is 22.5 Å². The van der Waals surface area contributed by atoms with Gasteiger partial charge < -0.3 is 5.32 Å². The van der Waals surface area contributed by atoms with Crippen molar-refractivity contribution in [3.05, 3.63) is 37.8 Å². The van der Waals surface area contributed by atoms with Crippen LogP contribution in [-0.2, 0) is 6.54 Å². The molecule has 0 unspecified atom stereocenters. The summed E-state index contributed by atoms with van der Waals surface area (Å²) in [6, 6.07) is 3.95. The summed E-state index contributed by atoms with van der Waals surface area (Å²) in [5.74, 6) is 0.752. The molecule has 3 nitrogen and oxygen atoms in total. The lowest BCUT2D eigenvalue weighted by atomic mass is 10.4. The Hall–Kier alpha value is -0.650. The topological polar surface area (TPSA) is 37.8 Å². The van der Waals surface area contributed by atoms with E-state index in [4.69, 9.17) is 11.6 Å². The molecular formula is C10H9BrClN3S. The van der Waals surface area contributed by atoms with Gasteiger partial charge in [0.25, 0.3) is 0 Å². The summed E-state index contributed by atoms with van der Waals surface area (Å²) in [7, 11) is 0. The van der Waals surface area contributed by atoms with Gasteiger partial charge in [-0.2, -0.15) is 0 Å². The Kier molecular flexibility index (Phi) is 3.78. The van der Waals surface area contributed by atoms with Crippen LogP contribution in [0, 0.1) is 6.92 Å². The zero-order valence-electron chi connectivity index (χ0n) is 8.50. The highest BCUT2D eigenvalue weighted by Gasteiger charge is 2.01. The highest BCUT2D eigenvalue weighted by molar-refractivity contribution is 9.10. The minimum Gasteiger partial charge on any atom is -0.365 e. The Balaban J connectivity index is 2.04. The van der Waals surface area contributed by atoms with E-state index >= 15 is 0 Å². The molecule has 2 heterocycles. The molecule has 2 rings (SSSR count). The van der Waals surface area contributed by atoms with Gasteiger partial charge in [-0.25, -0.2) is 9.97 Å². The number of hydrogen-bond donors (Lipinski definition) is 1. The van der Waals surface area contributed by atoms with Crippen LogP contribution in [0.3, 0.4) is 0 Å². The second-order valence-corrected chi connectivity index (χ2v) is 5.50. The summed E-state index contributed by atoms with van der Waals surface area (Å²) in [6.45, 7) is 2.63. The van der Waals surface area contributed by atoms with Gasteiger partial charge >= 0.3 is 0 Å². The molecule has 0 aliphatic carbocycles. The Morgan fingerprint density at radius 1 is 1.44 bits per heavy atom. The van der Waals surface area contributed by atoms with Crippen LogP contribution >= 0.6 is 38.9 Å². The fourth-order valence-corrected chi connectivity index (χ4v) is 2.86. The van der Waals surface area contributed by atoms with Gasteiger partial charge in [-0.1, -0.05) is 0 Å². The molecule has 0 aliphatic rings. The molecule has 0 saturated heterocycles. The van der Waals surface area contributed by atoms with E-state index in [1.54, 1.807) is 11.3 Å². The van der Waals surface area contributed by atoms with E-state index in [1.807, 2.05) is 13.0 Å². The molecule has 0 fully saturated rings. The SMILES string of the molecule is Cc1cc(NCc2cc(Br)cs2)nc(Cl)n1. The summed E-state index contributed by atoms with van der Waals surface area (Å²) in [5.41, 5.74) is 0.856. The fourth-order valence-electron chi connectivity index (χ4n) is 1.25. The highest BCUT2D eigenvalue weighted by atomic mass is 79.9. The van der Waals surface area contributed by atoms with Gasteiger partial charge in [0.05, 0.1) is 6.54 Å². The molecular weight excluding hydrogens is 310 g/mol. The molecule has 6 heteroatoms. The van der Waals surface area contributed by atoms with Gasteiger partial charge in [0.15, 0.2) is 0 Å². The third kappa shape index (κ3) is 3.17. The van der Waals surface area contributed by atoms with E-state index in [9.17, 15) is 0 Å². The van der Waals surface area contributed by atoms with Crippen LogP contribution in [0.15, 0.2) is 22.0 Å². The zero-order valence-corrected chi connectivity index (χ0v) is 11.7. The first-order chi connectivity index (χ1) is 7.63. The van der Waals surface area contributed by atoms with Crippen LogP contribution in [0.1, 0.15) is 10.6 Å². The average Bonchev–Trinajstić information content (AvgIpc) is 2.60. The molecule has 2 aromatic rings. The van der Waals surface area contributed by atoms with Crippen molar-refractivity contribution in [3.8, 4) is 0 Å². The monoisotopic (exact) mass is 317 g/mol. The quantitative estimate of drug-likeness (QED) is 0.873. The predicted molar refractivity (Wildman–Crippen MR) is 71.1 cm³/mol. The number of aromatic nitrogens is 2. The van der Waals surface area contributed by atoms with Crippen LogP contribution in [0.2, 0.25) is 5.28 Å². The molecule has 0 atom stereocenters. The maximum Gasteiger partial charge on any atom is 0.224 e. The molecule has 0 amide bonds. The summed E-state index contributed by atoms with van der Waals surface area (Å²) in [5, 5.41) is 5.53. The van der Waals surface area contributed by atoms with E-state index in [-0.39, 0.29) is 5.28 Å². The van der Waals surface area contributed by atoms with E-state index < -0.39 is 0 Å². The minimum absolute atomic E-state index is 0.273. The molecule has 1 N–H and O–H groups in total. The summed E-state index contributed by atoms with van der Waals surface area (Å²) in [6.07, 6.45) is 0. The van der Waals surface area contributed by atoms with Crippen molar-refractivity contribution in [2.45, 2.75) is 13.5 Å². The number of rotatable bonds is 3. The standard InChI is InChI=1S/C10H9BrClN3S/c1-6-2-9(15-10(12)14-6)13-4-8-3-7(11)5-16-8/h2-3,5H,4H2,1H3,(H,13,14,15). The number of anilines is 1. The second kappa shape index (κ2) is 5.12. The minimum atomic E-state index is 0.273. The lowest BCUT2D eigenvalue weighted by Gasteiger charge is -2.04. The zero-order chi connectivity index (χ0) is 11.5. The van der Waals surface area contributed by atoms with Crippen molar-refractivity contribution in [1.82, 2.24) is 9.97 Å². The van der Waals surface area contributed by atoms with Crippen LogP contribution in [0.25, 0.3) is 0 Å². The fraction of sp³-hybridized carbons (Fsp3) is 0.200. The number of hydrogen-bond acceptors (Lipinski definition) is 4. The van der Waals surface area contributed by atoms with Crippen LogP contribution in [0.4, 0.5) is 5.82 Å². The van der Waals surface area contributed by atoms with Crippen molar-refractivity contribution < 1.29 is 0 Å². The van der Waals surface area contributed by atoms with Crippen molar-refractivity contribution in [2.75, 3.05) is 5.32 Å². The van der Waals surface area contributed by atoms with Crippen LogP contribution < -0.4 is 5.32 Å². The molecule has 16 heavy (non-hydrogen) atoms. The number of aryl methyl sites for hydroxylation is 1. The third-order valence-corrected chi connectivity index (χ3v) is 3.76. The van der Waals surface area contributed by atoms with Gasteiger partial charge in [-0.05, 0) is 40.5 Å². The molecule has 0 aliphatic heterocycles. The Labute approximate surface area is 111 Å². The van der Waals surface area contributed by atoms with Crippen molar-refractivity contribution >= 4 is 44.7 Å². The van der Waals surface area contributed by atoms with Gasteiger partial charge in [-0.15, -0.1) is 11.3 Å². The molecule has 0 radical (unpaired) electrons. The summed E-state index contributed by atoms with van der Waals surface area (Å²) >= 11 is 10.9. The maximum atomic E-state index is 5.77. The van der Waals surface area contributed by atoms with Gasteiger partial charge in [0.2, 0.25) is 5.28 Å². The number of halogens is 2. The van der Waals surface area contributed by atoms with E-state index in [1.165, 1.54) is 4.88 Å². The summed E-state index contributed by atoms with van der Waals surface area (Å²) in [4.78, 5) is 9.33. The van der Waals surface area contributed by atoms with Gasteiger partial charge in [0, 0.05) is 26.5 Å². The van der Waals surface area contributed by atoms with Gasteiger partial charge in [-0.3, -0.25) is 0 Å². The van der Waals surface area contributed by atoms with Crippen LogP contribution in [0.5, 0.6) is 0 Å². The molecule has 2 aromatic heterocycles. The molecule has 0 aromatic carbocycles. The van der Waals surface area contributed by atoms with Crippen molar-refractivity contribution in [3.63, 3.8) is 0 Å². The number of nitrogens with zero attached hydrogens (tertiary/aromatic N) is 2. The molecule has 0 saturated carbocycles. The Bertz CT molecular complexity index is 480. The van der Waals surface area contributed by atoms with Crippen LogP contribution in [-0.4, -0.2) is 9.97 Å². The molecule has 0 spiro atoms. The first-order valence-electron chi connectivity index (χ1n) is 4.61. The van der Waals surface area contributed by atoms with Crippen molar-refractivity contribution in [1.29, 1.82) is 0 Å². The highest BCUT2D eigenvalue weighted by Crippen LogP contribution is 2.20. The van der Waals surface area contributed by atoms with Gasteiger partial charge in [0.1, 0.15) is 5.82 Å². The normalized spacial score (nSPS) is 10.4.